The van der Waals surface area contributed by atoms with Crippen LogP contribution in [-0.2, 0) is 14.3 Å². The zero-order valence-corrected chi connectivity index (χ0v) is 17.6. The molecule has 0 heterocycles. The van der Waals surface area contributed by atoms with E-state index in [9.17, 15) is 9.59 Å². The quantitative estimate of drug-likeness (QED) is 0.254. The van der Waals surface area contributed by atoms with Gasteiger partial charge in [0, 0.05) is 5.69 Å². The number of thioether (sulfide) groups is 1. The van der Waals surface area contributed by atoms with Crippen LogP contribution < -0.4 is 5.32 Å². The SMILES string of the molecule is COC(=O)C(=O)[C@@H](SC(=Nc1ccc(C)cc1)Nc1ccccc1)c1ccccc1. The summed E-state index contributed by atoms with van der Waals surface area (Å²) in [6.07, 6.45) is 0. The molecule has 5 nitrogen and oxygen atoms in total. The van der Waals surface area contributed by atoms with Crippen LogP contribution in [0.4, 0.5) is 11.4 Å². The summed E-state index contributed by atoms with van der Waals surface area (Å²) >= 11 is 1.18. The summed E-state index contributed by atoms with van der Waals surface area (Å²) in [6.45, 7) is 2.01. The van der Waals surface area contributed by atoms with E-state index in [0.717, 1.165) is 16.9 Å². The van der Waals surface area contributed by atoms with Gasteiger partial charge in [-0.1, -0.05) is 78.0 Å². The Kier molecular flexibility index (Phi) is 7.40. The van der Waals surface area contributed by atoms with E-state index in [1.165, 1.54) is 18.9 Å². The van der Waals surface area contributed by atoms with Gasteiger partial charge in [0.05, 0.1) is 12.8 Å². The van der Waals surface area contributed by atoms with Crippen molar-refractivity contribution < 1.29 is 14.3 Å². The van der Waals surface area contributed by atoms with E-state index < -0.39 is 17.0 Å². The number of nitrogens with one attached hydrogen (secondary N) is 1. The minimum absolute atomic E-state index is 0.496. The van der Waals surface area contributed by atoms with Gasteiger partial charge in [0.25, 0.3) is 5.78 Å². The number of methoxy groups -OCH3 is 1. The lowest BCUT2D eigenvalue weighted by molar-refractivity contribution is -0.151. The second-order valence-corrected chi connectivity index (χ2v) is 7.60. The van der Waals surface area contributed by atoms with Crippen LogP contribution in [0.3, 0.4) is 0 Å². The highest BCUT2D eigenvalue weighted by molar-refractivity contribution is 8.15. The molecule has 3 rings (SSSR count). The molecule has 0 amide bonds. The lowest BCUT2D eigenvalue weighted by atomic mass is 10.1. The third kappa shape index (κ3) is 5.81. The molecule has 0 fully saturated rings. The van der Waals surface area contributed by atoms with Gasteiger partial charge in [-0.15, -0.1) is 0 Å². The molecule has 152 valence electrons. The molecule has 0 aliphatic rings. The number of ketones is 1. The van der Waals surface area contributed by atoms with Crippen molar-refractivity contribution in [2.75, 3.05) is 12.4 Å². The van der Waals surface area contributed by atoms with Crippen molar-refractivity contribution in [2.24, 2.45) is 4.99 Å². The van der Waals surface area contributed by atoms with Gasteiger partial charge in [-0.05, 0) is 36.8 Å². The summed E-state index contributed by atoms with van der Waals surface area (Å²) in [5.41, 5.74) is 3.39. The summed E-state index contributed by atoms with van der Waals surface area (Å²) in [6, 6.07) is 26.4. The molecule has 3 aromatic carbocycles. The molecule has 0 aliphatic carbocycles. The number of Topliss-reactive ketones (excluding diaryl/α,β-unsaturated/α-hetero) is 1. The highest BCUT2D eigenvalue weighted by atomic mass is 32.2. The van der Waals surface area contributed by atoms with Crippen molar-refractivity contribution in [3.05, 3.63) is 96.1 Å². The van der Waals surface area contributed by atoms with E-state index in [1.807, 2.05) is 91.9 Å². The molecule has 6 heteroatoms. The Morgan fingerprint density at radius 2 is 1.50 bits per heavy atom. The molecule has 0 spiro atoms. The molecular formula is C24H22N2O3S. The summed E-state index contributed by atoms with van der Waals surface area (Å²) < 4.78 is 4.68. The second-order valence-electron chi connectivity index (χ2n) is 6.51. The Morgan fingerprint density at radius 1 is 0.900 bits per heavy atom. The number of aryl methyl sites for hydroxylation is 1. The van der Waals surface area contributed by atoms with E-state index >= 15 is 0 Å². The monoisotopic (exact) mass is 418 g/mol. The van der Waals surface area contributed by atoms with Gasteiger partial charge in [0.2, 0.25) is 0 Å². The normalized spacial score (nSPS) is 12.1. The number of hydrogen-bond donors (Lipinski definition) is 1. The first kappa shape index (κ1) is 21.3. The smallest absolute Gasteiger partial charge is 0.375 e. The van der Waals surface area contributed by atoms with Crippen molar-refractivity contribution in [1.29, 1.82) is 0 Å². The number of carbonyl (C=O) groups is 2. The average molecular weight is 419 g/mol. The third-order valence-electron chi connectivity index (χ3n) is 4.25. The number of benzene rings is 3. The first-order chi connectivity index (χ1) is 14.6. The third-order valence-corrected chi connectivity index (χ3v) is 5.38. The number of rotatable bonds is 6. The predicted octanol–water partition coefficient (Wildman–Crippen LogP) is 5.31. The lowest BCUT2D eigenvalue weighted by Gasteiger charge is -2.17. The largest absolute Gasteiger partial charge is 0.463 e. The van der Waals surface area contributed by atoms with Crippen molar-refractivity contribution in [3.8, 4) is 0 Å². The van der Waals surface area contributed by atoms with Gasteiger partial charge in [0.1, 0.15) is 5.25 Å². The molecule has 0 aliphatic heterocycles. The number of aliphatic imine (C=N–C) groups is 1. The van der Waals surface area contributed by atoms with Crippen molar-refractivity contribution in [3.63, 3.8) is 0 Å². The Balaban J connectivity index is 1.98. The fraction of sp³-hybridized carbons (Fsp3) is 0.125. The fourth-order valence-corrected chi connectivity index (χ4v) is 3.74. The molecule has 0 saturated carbocycles. The Morgan fingerprint density at radius 3 is 2.10 bits per heavy atom. The average Bonchev–Trinajstić information content (AvgIpc) is 2.79. The minimum Gasteiger partial charge on any atom is -0.463 e. The van der Waals surface area contributed by atoms with Gasteiger partial charge in [0.15, 0.2) is 5.17 Å². The number of amidine groups is 1. The minimum atomic E-state index is -0.884. The van der Waals surface area contributed by atoms with E-state index in [-0.39, 0.29) is 0 Å². The van der Waals surface area contributed by atoms with Crippen LogP contribution in [0.1, 0.15) is 16.4 Å². The van der Waals surface area contributed by atoms with E-state index in [2.05, 4.69) is 10.1 Å². The van der Waals surface area contributed by atoms with E-state index in [0.29, 0.717) is 10.7 Å². The molecular weight excluding hydrogens is 396 g/mol. The number of carbonyl (C=O) groups excluding carboxylic acids is 2. The topological polar surface area (TPSA) is 67.8 Å². The molecule has 3 aromatic rings. The molecule has 0 unspecified atom stereocenters. The maximum atomic E-state index is 12.8. The number of ether oxygens (including phenoxy) is 1. The maximum absolute atomic E-state index is 12.8. The Hall–Kier alpha value is -3.38. The van der Waals surface area contributed by atoms with Crippen LogP contribution in [0.25, 0.3) is 0 Å². The van der Waals surface area contributed by atoms with Gasteiger partial charge in [-0.3, -0.25) is 4.79 Å². The molecule has 0 aromatic heterocycles. The van der Waals surface area contributed by atoms with Gasteiger partial charge < -0.3 is 10.1 Å². The highest BCUT2D eigenvalue weighted by Crippen LogP contribution is 2.33. The van der Waals surface area contributed by atoms with Crippen LogP contribution in [0.15, 0.2) is 89.9 Å². The summed E-state index contributed by atoms with van der Waals surface area (Å²) in [5.74, 6) is -1.52. The number of para-hydroxylation sites is 1. The zero-order chi connectivity index (χ0) is 21.3. The molecule has 30 heavy (non-hydrogen) atoms. The number of esters is 1. The molecule has 1 atom stereocenters. The van der Waals surface area contributed by atoms with Gasteiger partial charge in [-0.25, -0.2) is 9.79 Å². The zero-order valence-electron chi connectivity index (χ0n) is 16.7. The standard InChI is InChI=1S/C24H22N2O3S/c1-17-13-15-20(16-14-17)26-24(25-19-11-7-4-8-12-19)30-22(21(27)23(28)29-2)18-9-5-3-6-10-18/h3-16,22H,1-2H3,(H,25,26)/t22-/m0/s1. The van der Waals surface area contributed by atoms with Crippen LogP contribution in [-0.4, -0.2) is 24.0 Å². The first-order valence-electron chi connectivity index (χ1n) is 9.38. The Bertz CT molecular complexity index is 1020. The molecule has 0 radical (unpaired) electrons. The summed E-state index contributed by atoms with van der Waals surface area (Å²) in [4.78, 5) is 29.5. The van der Waals surface area contributed by atoms with Crippen LogP contribution in [0.2, 0.25) is 0 Å². The number of nitrogens with zero attached hydrogens (tertiary/aromatic N) is 1. The predicted molar refractivity (Wildman–Crippen MR) is 122 cm³/mol. The van der Waals surface area contributed by atoms with Gasteiger partial charge >= 0.3 is 5.97 Å². The van der Waals surface area contributed by atoms with E-state index in [4.69, 9.17) is 4.99 Å². The number of hydrogen-bond acceptors (Lipinski definition) is 5. The second kappa shape index (κ2) is 10.4. The van der Waals surface area contributed by atoms with Crippen molar-refractivity contribution >= 4 is 40.1 Å². The molecule has 0 bridgehead atoms. The molecule has 0 saturated heterocycles. The summed E-state index contributed by atoms with van der Waals surface area (Å²) in [7, 11) is 1.20. The van der Waals surface area contributed by atoms with Crippen LogP contribution >= 0.6 is 11.8 Å². The summed E-state index contributed by atoms with van der Waals surface area (Å²) in [5, 5.41) is 2.97. The van der Waals surface area contributed by atoms with Crippen molar-refractivity contribution in [1.82, 2.24) is 0 Å². The number of anilines is 1. The maximum Gasteiger partial charge on any atom is 0.375 e. The van der Waals surface area contributed by atoms with E-state index in [1.54, 1.807) is 0 Å². The molecule has 1 N–H and O–H groups in total. The van der Waals surface area contributed by atoms with Gasteiger partial charge in [-0.2, -0.15) is 0 Å². The Labute approximate surface area is 180 Å². The van der Waals surface area contributed by atoms with Crippen LogP contribution in [0.5, 0.6) is 0 Å². The lowest BCUT2D eigenvalue weighted by Crippen LogP contribution is -2.24. The highest BCUT2D eigenvalue weighted by Gasteiger charge is 2.30. The van der Waals surface area contributed by atoms with Crippen LogP contribution in [0, 0.1) is 6.92 Å². The fourth-order valence-electron chi connectivity index (χ4n) is 2.69. The first-order valence-corrected chi connectivity index (χ1v) is 10.3. The van der Waals surface area contributed by atoms with Crippen molar-refractivity contribution in [2.45, 2.75) is 12.2 Å².